The van der Waals surface area contributed by atoms with Gasteiger partial charge in [0.05, 0.1) is 25.2 Å². The number of nitrogens with zero attached hydrogens (tertiary/aromatic N) is 1. The highest BCUT2D eigenvalue weighted by Crippen LogP contribution is 2.29. The molecule has 0 aliphatic rings. The van der Waals surface area contributed by atoms with Crippen LogP contribution in [0, 0.1) is 5.82 Å². The van der Waals surface area contributed by atoms with E-state index in [0.717, 1.165) is 22.9 Å². The van der Waals surface area contributed by atoms with E-state index in [1.165, 1.54) is 12.1 Å². The minimum absolute atomic E-state index is 0.113. The van der Waals surface area contributed by atoms with Gasteiger partial charge in [-0.1, -0.05) is 18.2 Å². The normalized spacial score (nSPS) is 12.0. The summed E-state index contributed by atoms with van der Waals surface area (Å²) in [6.07, 6.45) is 6.26. The smallest absolute Gasteiger partial charge is 0.191 e. The summed E-state index contributed by atoms with van der Waals surface area (Å²) >= 11 is 0. The third-order valence-corrected chi connectivity index (χ3v) is 5.36. The largest absolute Gasteiger partial charge is 0.495 e. The highest BCUT2D eigenvalue weighted by Gasteiger charge is 2.25. The van der Waals surface area contributed by atoms with Gasteiger partial charge in [0, 0.05) is 35.3 Å². The maximum absolute atomic E-state index is 13.7. The van der Waals surface area contributed by atoms with Crippen LogP contribution >= 0.6 is 0 Å². The number of aliphatic hydroxyl groups is 1. The number of aryl methyl sites for hydroxylation is 1. The van der Waals surface area contributed by atoms with Gasteiger partial charge in [0.25, 0.3) is 0 Å². The Hall–Kier alpha value is -3.71. The van der Waals surface area contributed by atoms with Gasteiger partial charge in [-0.15, -0.1) is 0 Å². The van der Waals surface area contributed by atoms with Crippen molar-refractivity contribution < 1.29 is 19.0 Å². The number of aromatic nitrogens is 2. The van der Waals surface area contributed by atoms with Crippen LogP contribution in [0.4, 0.5) is 10.1 Å². The fraction of sp³-hybridized carbons (Fsp3) is 0.200. The first kappa shape index (κ1) is 21.5. The fourth-order valence-corrected chi connectivity index (χ4v) is 3.70. The van der Waals surface area contributed by atoms with Crippen LogP contribution in [-0.4, -0.2) is 34.6 Å². The van der Waals surface area contributed by atoms with Crippen LogP contribution in [-0.2, 0) is 6.42 Å². The van der Waals surface area contributed by atoms with E-state index in [0.29, 0.717) is 29.0 Å². The van der Waals surface area contributed by atoms with E-state index in [2.05, 4.69) is 15.3 Å². The van der Waals surface area contributed by atoms with Crippen LogP contribution in [0.25, 0.3) is 10.9 Å². The Morgan fingerprint density at radius 3 is 2.75 bits per heavy atom. The molecule has 0 amide bonds. The number of halogens is 1. The van der Waals surface area contributed by atoms with Crippen LogP contribution in [0.1, 0.15) is 33.9 Å². The van der Waals surface area contributed by atoms with Crippen LogP contribution in [0.2, 0.25) is 0 Å². The molecule has 1 unspecified atom stereocenters. The lowest BCUT2D eigenvalue weighted by molar-refractivity contribution is 0.0971. The zero-order valence-corrected chi connectivity index (χ0v) is 17.6. The molecule has 2 aromatic carbocycles. The molecule has 0 saturated heterocycles. The molecule has 1 atom stereocenters. The van der Waals surface area contributed by atoms with Gasteiger partial charge < -0.3 is 20.1 Å². The fourth-order valence-electron chi connectivity index (χ4n) is 3.70. The van der Waals surface area contributed by atoms with Crippen molar-refractivity contribution in [3.05, 3.63) is 89.6 Å². The maximum Gasteiger partial charge on any atom is 0.191 e. The molecule has 2 aromatic heterocycles. The van der Waals surface area contributed by atoms with E-state index in [1.807, 2.05) is 18.2 Å². The molecular formula is C25H24FN3O3. The SMILES string of the molecule is COc1cncc(NC(C(=O)c2c[nH]c3ccc(CCCO)cc23)c2ccc(F)cc2)c1. The molecule has 0 spiro atoms. The molecule has 164 valence electrons. The zero-order valence-electron chi connectivity index (χ0n) is 17.6. The minimum atomic E-state index is -0.760. The predicted molar refractivity (Wildman–Crippen MR) is 122 cm³/mol. The van der Waals surface area contributed by atoms with Gasteiger partial charge in [0.1, 0.15) is 17.6 Å². The number of methoxy groups -OCH3 is 1. The summed E-state index contributed by atoms with van der Waals surface area (Å²) in [5.74, 6) is 0.0227. The molecule has 4 rings (SSSR count). The molecule has 0 aliphatic heterocycles. The van der Waals surface area contributed by atoms with E-state index in [1.54, 1.807) is 43.9 Å². The van der Waals surface area contributed by atoms with Crippen molar-refractivity contribution in [2.75, 3.05) is 19.0 Å². The molecule has 32 heavy (non-hydrogen) atoms. The molecule has 0 radical (unpaired) electrons. The van der Waals surface area contributed by atoms with E-state index < -0.39 is 6.04 Å². The quantitative estimate of drug-likeness (QED) is 0.334. The molecule has 3 N–H and O–H groups in total. The summed E-state index contributed by atoms with van der Waals surface area (Å²) in [7, 11) is 1.55. The van der Waals surface area contributed by atoms with Crippen molar-refractivity contribution in [3.63, 3.8) is 0 Å². The Morgan fingerprint density at radius 1 is 1.19 bits per heavy atom. The Morgan fingerprint density at radius 2 is 2.00 bits per heavy atom. The highest BCUT2D eigenvalue weighted by molar-refractivity contribution is 6.11. The Bertz CT molecular complexity index is 1220. The monoisotopic (exact) mass is 433 g/mol. The molecule has 0 bridgehead atoms. The molecule has 0 fully saturated rings. The average Bonchev–Trinajstić information content (AvgIpc) is 3.25. The summed E-state index contributed by atoms with van der Waals surface area (Å²) in [5.41, 5.74) is 3.66. The lowest BCUT2D eigenvalue weighted by Crippen LogP contribution is -2.21. The summed E-state index contributed by atoms with van der Waals surface area (Å²) in [6.45, 7) is 0.113. The van der Waals surface area contributed by atoms with Gasteiger partial charge in [0.15, 0.2) is 5.78 Å². The summed E-state index contributed by atoms with van der Waals surface area (Å²) in [4.78, 5) is 21.0. The van der Waals surface area contributed by atoms with Crippen LogP contribution in [0.15, 0.2) is 67.1 Å². The van der Waals surface area contributed by atoms with Crippen molar-refractivity contribution in [1.29, 1.82) is 0 Å². The number of nitrogens with one attached hydrogen (secondary N) is 2. The predicted octanol–water partition coefficient (Wildman–Crippen LogP) is 4.67. The van der Waals surface area contributed by atoms with Gasteiger partial charge in [-0.05, 0) is 48.2 Å². The summed E-state index contributed by atoms with van der Waals surface area (Å²) in [6, 6.07) is 12.8. The van der Waals surface area contributed by atoms with E-state index in [-0.39, 0.29) is 18.2 Å². The molecule has 6 nitrogen and oxygen atoms in total. The number of benzene rings is 2. The lowest BCUT2D eigenvalue weighted by atomic mass is 9.95. The standard InChI is InChI=1S/C25H24FN3O3/c1-32-20-12-19(13-27-14-20)29-24(17-5-7-18(26)8-6-17)25(31)22-15-28-23-9-4-16(3-2-10-30)11-21(22)23/h4-9,11-15,24,28-30H,2-3,10H2,1H3. The zero-order chi connectivity index (χ0) is 22.5. The number of aliphatic hydroxyl groups excluding tert-OH is 1. The molecule has 2 heterocycles. The number of hydrogen-bond acceptors (Lipinski definition) is 5. The number of carbonyl (C=O) groups excluding carboxylic acids is 1. The van der Waals surface area contributed by atoms with Crippen molar-refractivity contribution in [3.8, 4) is 5.75 Å². The maximum atomic E-state index is 13.7. The highest BCUT2D eigenvalue weighted by atomic mass is 19.1. The lowest BCUT2D eigenvalue weighted by Gasteiger charge is -2.19. The van der Waals surface area contributed by atoms with Gasteiger partial charge in [-0.3, -0.25) is 9.78 Å². The topological polar surface area (TPSA) is 87.2 Å². The molecule has 0 aliphatic carbocycles. The van der Waals surface area contributed by atoms with Crippen LogP contribution in [0.5, 0.6) is 5.75 Å². The number of pyridine rings is 1. The summed E-state index contributed by atoms with van der Waals surface area (Å²) < 4.78 is 18.8. The minimum Gasteiger partial charge on any atom is -0.495 e. The second kappa shape index (κ2) is 9.62. The number of H-pyrrole nitrogens is 1. The van der Waals surface area contributed by atoms with E-state index in [9.17, 15) is 9.18 Å². The van der Waals surface area contributed by atoms with E-state index in [4.69, 9.17) is 9.84 Å². The number of aromatic amines is 1. The first-order chi connectivity index (χ1) is 15.6. The molecular weight excluding hydrogens is 409 g/mol. The first-order valence-corrected chi connectivity index (χ1v) is 10.3. The van der Waals surface area contributed by atoms with Crippen LogP contribution in [0.3, 0.4) is 0 Å². The van der Waals surface area contributed by atoms with E-state index >= 15 is 0 Å². The van der Waals surface area contributed by atoms with Crippen molar-refractivity contribution >= 4 is 22.4 Å². The number of rotatable bonds is 9. The van der Waals surface area contributed by atoms with Gasteiger partial charge >= 0.3 is 0 Å². The van der Waals surface area contributed by atoms with Crippen molar-refractivity contribution in [1.82, 2.24) is 9.97 Å². The molecule has 0 saturated carbocycles. The second-order valence-corrected chi connectivity index (χ2v) is 7.52. The number of fused-ring (bicyclic) bond motifs is 1. The summed E-state index contributed by atoms with van der Waals surface area (Å²) in [5, 5.41) is 13.2. The third kappa shape index (κ3) is 4.63. The van der Waals surface area contributed by atoms with Crippen molar-refractivity contribution in [2.45, 2.75) is 18.9 Å². The Balaban J connectivity index is 1.73. The Kier molecular flexibility index (Phi) is 6.47. The number of Topliss-reactive ketones (excluding diaryl/α,β-unsaturated/α-hetero) is 1. The average molecular weight is 433 g/mol. The number of hydrogen-bond donors (Lipinski definition) is 3. The van der Waals surface area contributed by atoms with Gasteiger partial charge in [-0.25, -0.2) is 4.39 Å². The van der Waals surface area contributed by atoms with Crippen molar-refractivity contribution in [2.24, 2.45) is 0 Å². The molecule has 7 heteroatoms. The number of anilines is 1. The van der Waals surface area contributed by atoms with Gasteiger partial charge in [0.2, 0.25) is 0 Å². The Labute approximate surface area is 185 Å². The number of carbonyl (C=O) groups is 1. The number of ketones is 1. The third-order valence-electron chi connectivity index (χ3n) is 5.36. The van der Waals surface area contributed by atoms with Crippen LogP contribution < -0.4 is 10.1 Å². The second-order valence-electron chi connectivity index (χ2n) is 7.52. The molecule has 4 aromatic rings. The number of ether oxygens (including phenoxy) is 1. The van der Waals surface area contributed by atoms with Gasteiger partial charge in [-0.2, -0.15) is 0 Å². The first-order valence-electron chi connectivity index (χ1n) is 10.3.